The van der Waals surface area contributed by atoms with E-state index in [2.05, 4.69) is 25.8 Å². The molecule has 5 rings (SSSR count). The number of aromatic nitrogens is 4. The van der Waals surface area contributed by atoms with Crippen LogP contribution in [0.2, 0.25) is 0 Å². The summed E-state index contributed by atoms with van der Waals surface area (Å²) in [5.74, 6) is 0.193. The van der Waals surface area contributed by atoms with Crippen LogP contribution in [0.3, 0.4) is 0 Å². The molecule has 0 radical (unpaired) electrons. The Morgan fingerprint density at radius 2 is 1.94 bits per heavy atom. The minimum atomic E-state index is -2.55. The Bertz CT molecular complexity index is 1030. The highest BCUT2D eigenvalue weighted by atomic mass is 19.3. The fourth-order valence-corrected chi connectivity index (χ4v) is 4.10. The number of fused-ring (bicyclic) bond motifs is 2. The highest BCUT2D eigenvalue weighted by Crippen LogP contribution is 2.28. The van der Waals surface area contributed by atoms with Gasteiger partial charge < -0.3 is 14.4 Å². The molecule has 0 amide bonds. The van der Waals surface area contributed by atoms with E-state index in [1.165, 1.54) is 6.33 Å². The molecule has 2 aromatic heterocycles. The molecule has 2 aliphatic rings. The van der Waals surface area contributed by atoms with Gasteiger partial charge in [-0.2, -0.15) is 5.10 Å². The van der Waals surface area contributed by atoms with Gasteiger partial charge >= 0.3 is 0 Å². The Hall–Kier alpha value is -2.85. The number of ether oxygens (including phenoxy) is 2. The number of hydrogen-bond donors (Lipinski definition) is 0. The van der Waals surface area contributed by atoms with E-state index in [9.17, 15) is 8.78 Å². The second kappa shape index (κ2) is 8.72. The second-order valence-corrected chi connectivity index (χ2v) is 7.75. The fourth-order valence-electron chi connectivity index (χ4n) is 4.10. The summed E-state index contributed by atoms with van der Waals surface area (Å²) in [6, 6.07) is 7.95. The van der Waals surface area contributed by atoms with Gasteiger partial charge in [0.15, 0.2) is 6.61 Å². The van der Waals surface area contributed by atoms with Crippen LogP contribution in [0.1, 0.15) is 11.4 Å². The number of nitrogens with zero attached hydrogens (tertiary/aromatic N) is 6. The summed E-state index contributed by atoms with van der Waals surface area (Å²) >= 11 is 0. The molecule has 10 heteroatoms. The number of alkyl halides is 2. The molecule has 1 fully saturated rings. The SMILES string of the molecule is FC(F)COc1ncnc2ccc(N3CCN(Cc4cc5n(n4)CCOC5)CC3)cc12. The summed E-state index contributed by atoms with van der Waals surface area (Å²) in [7, 11) is 0. The van der Waals surface area contributed by atoms with Crippen LogP contribution in [0.15, 0.2) is 30.6 Å². The van der Waals surface area contributed by atoms with Crippen molar-refractivity contribution in [1.82, 2.24) is 24.6 Å². The monoisotopic (exact) mass is 430 g/mol. The van der Waals surface area contributed by atoms with Gasteiger partial charge in [-0.05, 0) is 24.3 Å². The van der Waals surface area contributed by atoms with E-state index in [1.807, 2.05) is 22.9 Å². The van der Waals surface area contributed by atoms with E-state index >= 15 is 0 Å². The van der Waals surface area contributed by atoms with E-state index < -0.39 is 13.0 Å². The largest absolute Gasteiger partial charge is 0.471 e. The van der Waals surface area contributed by atoms with Crippen molar-refractivity contribution in [2.24, 2.45) is 0 Å². The molecule has 0 spiro atoms. The number of hydrogen-bond acceptors (Lipinski definition) is 7. The summed E-state index contributed by atoms with van der Waals surface area (Å²) in [5.41, 5.74) is 3.91. The lowest BCUT2D eigenvalue weighted by atomic mass is 10.2. The minimum Gasteiger partial charge on any atom is -0.471 e. The molecule has 4 heterocycles. The Morgan fingerprint density at radius 3 is 2.74 bits per heavy atom. The first kappa shape index (κ1) is 20.1. The van der Waals surface area contributed by atoms with E-state index in [0.29, 0.717) is 17.5 Å². The van der Waals surface area contributed by atoms with Gasteiger partial charge in [0.05, 0.1) is 42.0 Å². The molecule has 164 valence electrons. The number of rotatable bonds is 6. The smallest absolute Gasteiger partial charge is 0.272 e. The first-order valence-electron chi connectivity index (χ1n) is 10.4. The molecule has 0 bridgehead atoms. The third-order valence-corrected chi connectivity index (χ3v) is 5.66. The molecule has 1 saturated heterocycles. The zero-order valence-electron chi connectivity index (χ0n) is 17.1. The molecule has 1 aromatic carbocycles. The second-order valence-electron chi connectivity index (χ2n) is 7.75. The van der Waals surface area contributed by atoms with Gasteiger partial charge in [-0.3, -0.25) is 9.58 Å². The lowest BCUT2D eigenvalue weighted by Crippen LogP contribution is -2.46. The van der Waals surface area contributed by atoms with Crippen molar-refractivity contribution in [3.05, 3.63) is 42.0 Å². The van der Waals surface area contributed by atoms with Gasteiger partial charge in [0.1, 0.15) is 6.33 Å². The van der Waals surface area contributed by atoms with Crippen molar-refractivity contribution in [3.63, 3.8) is 0 Å². The van der Waals surface area contributed by atoms with Gasteiger partial charge in [-0.1, -0.05) is 0 Å². The van der Waals surface area contributed by atoms with Crippen LogP contribution in [-0.2, 0) is 24.4 Å². The standard InChI is InChI=1S/C21H24F2N6O2/c22-20(23)13-31-21-18-10-16(1-2-19(18)24-14-25-21)28-5-3-27(4-6-28)11-15-9-17-12-30-8-7-29(17)26-15/h1-2,9-10,14,20H,3-8,11-13H2. The third kappa shape index (κ3) is 4.45. The molecule has 0 atom stereocenters. The average Bonchev–Trinajstić information content (AvgIpc) is 3.20. The zero-order valence-corrected chi connectivity index (χ0v) is 17.1. The molecule has 31 heavy (non-hydrogen) atoms. The third-order valence-electron chi connectivity index (χ3n) is 5.66. The van der Waals surface area contributed by atoms with Crippen molar-refractivity contribution >= 4 is 16.6 Å². The van der Waals surface area contributed by atoms with Gasteiger partial charge in [0.2, 0.25) is 5.88 Å². The summed E-state index contributed by atoms with van der Waals surface area (Å²) in [6.07, 6.45) is -1.21. The minimum absolute atomic E-state index is 0.193. The predicted octanol–water partition coefficient (Wildman–Crippen LogP) is 2.32. The summed E-state index contributed by atoms with van der Waals surface area (Å²) < 4.78 is 37.8. The first-order chi connectivity index (χ1) is 15.2. The van der Waals surface area contributed by atoms with Crippen molar-refractivity contribution < 1.29 is 18.3 Å². The van der Waals surface area contributed by atoms with Gasteiger partial charge in [0, 0.05) is 38.4 Å². The molecule has 0 saturated carbocycles. The van der Waals surface area contributed by atoms with Gasteiger partial charge in [-0.15, -0.1) is 0 Å². The maximum Gasteiger partial charge on any atom is 0.272 e. The molecular weight excluding hydrogens is 406 g/mol. The van der Waals surface area contributed by atoms with E-state index in [-0.39, 0.29) is 5.88 Å². The van der Waals surface area contributed by atoms with Crippen LogP contribution in [-0.4, -0.2) is 70.5 Å². The quantitative estimate of drug-likeness (QED) is 0.595. The van der Waals surface area contributed by atoms with E-state index in [0.717, 1.165) is 63.0 Å². The summed E-state index contributed by atoms with van der Waals surface area (Å²) in [6.45, 7) is 5.87. The maximum atomic E-state index is 12.6. The summed E-state index contributed by atoms with van der Waals surface area (Å²) in [4.78, 5) is 12.9. The molecular formula is C21H24F2N6O2. The molecule has 0 unspecified atom stereocenters. The Labute approximate surface area is 178 Å². The Kier molecular flexibility index (Phi) is 5.65. The summed E-state index contributed by atoms with van der Waals surface area (Å²) in [5, 5.41) is 5.34. The van der Waals surface area contributed by atoms with Crippen molar-refractivity contribution in [3.8, 4) is 5.88 Å². The van der Waals surface area contributed by atoms with Crippen LogP contribution < -0.4 is 9.64 Å². The number of anilines is 1. The topological polar surface area (TPSA) is 68.5 Å². The Balaban J connectivity index is 1.24. The molecule has 3 aromatic rings. The predicted molar refractivity (Wildman–Crippen MR) is 110 cm³/mol. The van der Waals surface area contributed by atoms with E-state index in [1.54, 1.807) is 0 Å². The Morgan fingerprint density at radius 1 is 1.06 bits per heavy atom. The number of benzene rings is 1. The highest BCUT2D eigenvalue weighted by molar-refractivity contribution is 5.86. The lowest BCUT2D eigenvalue weighted by molar-refractivity contribution is 0.0799. The zero-order chi connectivity index (χ0) is 21.2. The first-order valence-corrected chi connectivity index (χ1v) is 10.4. The van der Waals surface area contributed by atoms with Crippen LogP contribution >= 0.6 is 0 Å². The van der Waals surface area contributed by atoms with Crippen molar-refractivity contribution in [2.75, 3.05) is 44.3 Å². The fraction of sp³-hybridized carbons (Fsp3) is 0.476. The average molecular weight is 430 g/mol. The molecule has 0 aliphatic carbocycles. The van der Waals surface area contributed by atoms with Crippen LogP contribution in [0, 0.1) is 0 Å². The number of halogens is 2. The van der Waals surface area contributed by atoms with Gasteiger partial charge in [-0.25, -0.2) is 18.7 Å². The normalized spacial score (nSPS) is 17.3. The molecule has 8 nitrogen and oxygen atoms in total. The van der Waals surface area contributed by atoms with Crippen molar-refractivity contribution in [1.29, 1.82) is 0 Å². The van der Waals surface area contributed by atoms with E-state index in [4.69, 9.17) is 14.6 Å². The van der Waals surface area contributed by atoms with Crippen LogP contribution in [0.25, 0.3) is 10.9 Å². The number of piperazine rings is 1. The van der Waals surface area contributed by atoms with Crippen LogP contribution in [0.5, 0.6) is 5.88 Å². The van der Waals surface area contributed by atoms with Crippen molar-refractivity contribution in [2.45, 2.75) is 26.1 Å². The molecule has 2 aliphatic heterocycles. The maximum absolute atomic E-state index is 12.6. The van der Waals surface area contributed by atoms with Crippen LogP contribution in [0.4, 0.5) is 14.5 Å². The lowest BCUT2D eigenvalue weighted by Gasteiger charge is -2.35. The van der Waals surface area contributed by atoms with Gasteiger partial charge in [0.25, 0.3) is 6.43 Å². The molecule has 0 N–H and O–H groups in total. The highest BCUT2D eigenvalue weighted by Gasteiger charge is 2.20.